The molecule has 0 radical (unpaired) electrons. The summed E-state index contributed by atoms with van der Waals surface area (Å²) >= 11 is 0. The topological polar surface area (TPSA) is 75.3 Å². The smallest absolute Gasteiger partial charge is 0.320 e. The Morgan fingerprint density at radius 2 is 1.91 bits per heavy atom. The molecule has 1 aromatic heterocycles. The summed E-state index contributed by atoms with van der Waals surface area (Å²) in [5.74, 6) is 1.37. The molecule has 2 amide bonds. The lowest BCUT2D eigenvalue weighted by atomic mass is 10.3. The van der Waals surface area contributed by atoms with Gasteiger partial charge in [-0.1, -0.05) is 0 Å². The molecule has 3 rings (SSSR count). The molecule has 2 aromatic rings. The molecule has 1 saturated carbocycles. The molecular formula is C17H20N4O2. The van der Waals surface area contributed by atoms with E-state index in [0.717, 1.165) is 30.0 Å². The number of nitrogens with one attached hydrogen (secondary N) is 3. The van der Waals surface area contributed by atoms with Gasteiger partial charge in [0.1, 0.15) is 11.6 Å². The first-order valence-electron chi connectivity index (χ1n) is 7.76. The standard InChI is InChI=1S/C17H20N4O2/c1-2-23-15-8-5-12(6-9-15)19-14-7-10-16(18-11-14)21-17(22)20-13-3-4-13/h5-11,13,19H,2-4H2,1H3,(H2,18,20,21,22). The average Bonchev–Trinajstić information content (AvgIpc) is 3.35. The van der Waals surface area contributed by atoms with E-state index in [-0.39, 0.29) is 6.03 Å². The summed E-state index contributed by atoms with van der Waals surface area (Å²) in [6, 6.07) is 11.5. The molecule has 0 spiro atoms. The van der Waals surface area contributed by atoms with E-state index in [9.17, 15) is 4.79 Å². The molecule has 6 nitrogen and oxygen atoms in total. The van der Waals surface area contributed by atoms with E-state index in [2.05, 4.69) is 20.9 Å². The van der Waals surface area contributed by atoms with Crippen LogP contribution in [0.3, 0.4) is 0 Å². The van der Waals surface area contributed by atoms with Crippen molar-refractivity contribution in [3.8, 4) is 5.75 Å². The van der Waals surface area contributed by atoms with Gasteiger partial charge in [-0.15, -0.1) is 0 Å². The Bertz CT molecular complexity index is 651. The molecular weight excluding hydrogens is 292 g/mol. The maximum Gasteiger partial charge on any atom is 0.320 e. The van der Waals surface area contributed by atoms with Crippen molar-refractivity contribution in [3.63, 3.8) is 0 Å². The van der Waals surface area contributed by atoms with Crippen LogP contribution < -0.4 is 20.7 Å². The van der Waals surface area contributed by atoms with Gasteiger partial charge >= 0.3 is 6.03 Å². The van der Waals surface area contributed by atoms with Crippen LogP contribution in [-0.4, -0.2) is 23.7 Å². The van der Waals surface area contributed by atoms with Crippen molar-refractivity contribution in [2.45, 2.75) is 25.8 Å². The van der Waals surface area contributed by atoms with Gasteiger partial charge in [-0.25, -0.2) is 9.78 Å². The highest BCUT2D eigenvalue weighted by Gasteiger charge is 2.23. The van der Waals surface area contributed by atoms with E-state index in [1.807, 2.05) is 37.3 Å². The Kier molecular flexibility index (Phi) is 4.61. The maximum atomic E-state index is 11.6. The van der Waals surface area contributed by atoms with E-state index in [1.54, 1.807) is 12.3 Å². The molecule has 1 aliphatic carbocycles. The lowest BCUT2D eigenvalue weighted by molar-refractivity contribution is 0.251. The minimum absolute atomic E-state index is 0.202. The number of amides is 2. The number of benzene rings is 1. The Morgan fingerprint density at radius 3 is 2.52 bits per heavy atom. The molecule has 0 atom stereocenters. The second-order valence-corrected chi connectivity index (χ2v) is 5.39. The Labute approximate surface area is 135 Å². The molecule has 23 heavy (non-hydrogen) atoms. The van der Waals surface area contributed by atoms with Crippen LogP contribution in [0.15, 0.2) is 42.6 Å². The van der Waals surface area contributed by atoms with Crippen LogP contribution in [0.2, 0.25) is 0 Å². The van der Waals surface area contributed by atoms with Gasteiger partial charge in [0, 0.05) is 11.7 Å². The minimum Gasteiger partial charge on any atom is -0.494 e. The second-order valence-electron chi connectivity index (χ2n) is 5.39. The van der Waals surface area contributed by atoms with Crippen LogP contribution in [0, 0.1) is 0 Å². The van der Waals surface area contributed by atoms with Crippen LogP contribution in [0.5, 0.6) is 5.75 Å². The number of anilines is 3. The highest BCUT2D eigenvalue weighted by Crippen LogP contribution is 2.21. The van der Waals surface area contributed by atoms with Crippen molar-refractivity contribution in [2.24, 2.45) is 0 Å². The number of carbonyl (C=O) groups excluding carboxylic acids is 1. The summed E-state index contributed by atoms with van der Waals surface area (Å²) < 4.78 is 5.41. The summed E-state index contributed by atoms with van der Waals surface area (Å²) in [5, 5.41) is 8.82. The van der Waals surface area contributed by atoms with E-state index in [1.165, 1.54) is 0 Å². The van der Waals surface area contributed by atoms with Crippen molar-refractivity contribution in [3.05, 3.63) is 42.6 Å². The number of carbonyl (C=O) groups is 1. The predicted molar refractivity (Wildman–Crippen MR) is 90.3 cm³/mol. The fourth-order valence-electron chi connectivity index (χ4n) is 2.08. The second kappa shape index (κ2) is 7.00. The molecule has 1 fully saturated rings. The van der Waals surface area contributed by atoms with Crippen LogP contribution in [0.4, 0.5) is 22.0 Å². The summed E-state index contributed by atoms with van der Waals surface area (Å²) in [6.07, 6.45) is 3.81. The highest BCUT2D eigenvalue weighted by molar-refractivity contribution is 5.88. The molecule has 120 valence electrons. The predicted octanol–water partition coefficient (Wildman–Crippen LogP) is 3.51. The lowest BCUT2D eigenvalue weighted by Crippen LogP contribution is -2.30. The normalized spacial score (nSPS) is 13.3. The minimum atomic E-state index is -0.202. The third kappa shape index (κ3) is 4.60. The van der Waals surface area contributed by atoms with Gasteiger partial charge in [-0.3, -0.25) is 5.32 Å². The number of pyridine rings is 1. The Hall–Kier alpha value is -2.76. The number of aromatic nitrogens is 1. The van der Waals surface area contributed by atoms with Gasteiger partial charge < -0.3 is 15.4 Å². The van der Waals surface area contributed by atoms with Crippen molar-refractivity contribution in [1.82, 2.24) is 10.3 Å². The number of urea groups is 1. The molecule has 1 aromatic carbocycles. The number of ether oxygens (including phenoxy) is 1. The van der Waals surface area contributed by atoms with Gasteiger partial charge in [-0.2, -0.15) is 0 Å². The zero-order valence-electron chi connectivity index (χ0n) is 13.0. The Balaban J connectivity index is 1.54. The molecule has 0 unspecified atom stereocenters. The summed E-state index contributed by atoms with van der Waals surface area (Å²) in [4.78, 5) is 15.9. The summed E-state index contributed by atoms with van der Waals surface area (Å²) in [5.41, 5.74) is 1.80. The fraction of sp³-hybridized carbons (Fsp3) is 0.294. The quantitative estimate of drug-likeness (QED) is 0.763. The Morgan fingerprint density at radius 1 is 1.17 bits per heavy atom. The van der Waals surface area contributed by atoms with Gasteiger partial charge in [0.15, 0.2) is 0 Å². The summed E-state index contributed by atoms with van der Waals surface area (Å²) in [6.45, 7) is 2.61. The molecule has 1 heterocycles. The number of rotatable bonds is 6. The number of nitrogens with zero attached hydrogens (tertiary/aromatic N) is 1. The van der Waals surface area contributed by atoms with Gasteiger partial charge in [0.25, 0.3) is 0 Å². The average molecular weight is 312 g/mol. The summed E-state index contributed by atoms with van der Waals surface area (Å²) in [7, 11) is 0. The molecule has 0 bridgehead atoms. The van der Waals surface area contributed by atoms with Crippen molar-refractivity contribution in [2.75, 3.05) is 17.2 Å². The zero-order chi connectivity index (χ0) is 16.1. The molecule has 3 N–H and O–H groups in total. The van der Waals surface area contributed by atoms with Crippen molar-refractivity contribution in [1.29, 1.82) is 0 Å². The first kappa shape index (κ1) is 15.1. The van der Waals surface area contributed by atoms with E-state index in [0.29, 0.717) is 18.5 Å². The highest BCUT2D eigenvalue weighted by atomic mass is 16.5. The zero-order valence-corrected chi connectivity index (χ0v) is 13.0. The van der Waals surface area contributed by atoms with Gasteiger partial charge in [-0.05, 0) is 56.2 Å². The van der Waals surface area contributed by atoms with Crippen molar-refractivity contribution < 1.29 is 9.53 Å². The molecule has 1 aliphatic rings. The SMILES string of the molecule is CCOc1ccc(Nc2ccc(NC(=O)NC3CC3)nc2)cc1. The third-order valence-corrected chi connectivity index (χ3v) is 3.37. The van der Waals surface area contributed by atoms with E-state index >= 15 is 0 Å². The van der Waals surface area contributed by atoms with Crippen molar-refractivity contribution >= 4 is 23.2 Å². The lowest BCUT2D eigenvalue weighted by Gasteiger charge is -2.09. The number of hydrogen-bond donors (Lipinski definition) is 3. The van der Waals surface area contributed by atoms with Crippen LogP contribution in [0.25, 0.3) is 0 Å². The molecule has 0 aliphatic heterocycles. The van der Waals surface area contributed by atoms with Crippen LogP contribution >= 0.6 is 0 Å². The van der Waals surface area contributed by atoms with E-state index < -0.39 is 0 Å². The van der Waals surface area contributed by atoms with Gasteiger partial charge in [0.05, 0.1) is 18.5 Å². The largest absolute Gasteiger partial charge is 0.494 e. The van der Waals surface area contributed by atoms with Gasteiger partial charge in [0.2, 0.25) is 0 Å². The maximum absolute atomic E-state index is 11.6. The fourth-order valence-corrected chi connectivity index (χ4v) is 2.08. The molecule has 6 heteroatoms. The third-order valence-electron chi connectivity index (χ3n) is 3.37. The number of hydrogen-bond acceptors (Lipinski definition) is 4. The van der Waals surface area contributed by atoms with Crippen LogP contribution in [-0.2, 0) is 0 Å². The first-order chi connectivity index (χ1) is 11.2. The monoisotopic (exact) mass is 312 g/mol. The van der Waals surface area contributed by atoms with Crippen LogP contribution in [0.1, 0.15) is 19.8 Å². The van der Waals surface area contributed by atoms with E-state index in [4.69, 9.17) is 4.74 Å². The first-order valence-corrected chi connectivity index (χ1v) is 7.76. The molecule has 0 saturated heterocycles.